The van der Waals surface area contributed by atoms with Crippen molar-refractivity contribution in [2.45, 2.75) is 42.4 Å². The number of hydrogen-bond acceptors (Lipinski definition) is 7. The van der Waals surface area contributed by atoms with Gasteiger partial charge >= 0.3 is 0 Å². The van der Waals surface area contributed by atoms with Gasteiger partial charge in [0.15, 0.2) is 5.82 Å². The summed E-state index contributed by atoms with van der Waals surface area (Å²) in [6.07, 6.45) is 3.46. The maximum absolute atomic E-state index is 9.14. The van der Waals surface area contributed by atoms with Crippen LogP contribution in [0, 0.1) is 0 Å². The molecule has 18 heavy (non-hydrogen) atoms. The number of aliphatic hydroxyl groups is 1. The summed E-state index contributed by atoms with van der Waals surface area (Å²) in [4.78, 5) is 11.5. The third-order valence-corrected chi connectivity index (χ3v) is 4.40. The van der Waals surface area contributed by atoms with Crippen molar-refractivity contribution < 1.29 is 9.84 Å². The van der Waals surface area contributed by atoms with Gasteiger partial charge in [0.2, 0.25) is 5.95 Å². The van der Waals surface area contributed by atoms with Crippen molar-refractivity contribution in [2.75, 3.05) is 17.2 Å². The fraction of sp³-hybridized carbons (Fsp3) is 0.636. The normalized spacial score (nSPS) is 30.8. The molecule has 0 aromatic carbocycles. The topological polar surface area (TPSA) is 84.5 Å². The van der Waals surface area contributed by atoms with Gasteiger partial charge in [0.1, 0.15) is 6.23 Å². The lowest BCUT2D eigenvalue weighted by atomic mass is 10.2. The molecular formula is C11H16N4O2S. The van der Waals surface area contributed by atoms with Gasteiger partial charge in [0.05, 0.1) is 23.0 Å². The molecule has 0 spiro atoms. The molecule has 1 aromatic heterocycles. The first kappa shape index (κ1) is 12.0. The summed E-state index contributed by atoms with van der Waals surface area (Å²) in [5.74, 6) is 1.13. The number of aromatic nitrogens is 2. The van der Waals surface area contributed by atoms with Crippen LogP contribution in [0.1, 0.15) is 19.8 Å². The minimum atomic E-state index is -0.0598. The monoisotopic (exact) mass is 268 g/mol. The molecule has 1 aromatic rings. The smallest absolute Gasteiger partial charge is 0.222 e. The summed E-state index contributed by atoms with van der Waals surface area (Å²) in [6.45, 7) is 2.18. The minimum Gasteiger partial charge on any atom is -0.394 e. The summed E-state index contributed by atoms with van der Waals surface area (Å²) >= 11 is 1.71. The molecular weight excluding hydrogens is 252 g/mol. The average molecular weight is 268 g/mol. The van der Waals surface area contributed by atoms with Gasteiger partial charge in [-0.3, -0.25) is 0 Å². The number of ether oxygens (including phenoxy) is 1. The maximum atomic E-state index is 9.14. The largest absolute Gasteiger partial charge is 0.394 e. The highest BCUT2D eigenvalue weighted by Crippen LogP contribution is 2.44. The highest BCUT2D eigenvalue weighted by molar-refractivity contribution is 8.00. The van der Waals surface area contributed by atoms with Crippen LogP contribution in [0.5, 0.6) is 0 Å². The Morgan fingerprint density at radius 1 is 1.61 bits per heavy atom. The van der Waals surface area contributed by atoms with Crippen molar-refractivity contribution in [3.63, 3.8) is 0 Å². The number of fused-ring (bicyclic) bond motifs is 1. The minimum absolute atomic E-state index is 0.0276. The van der Waals surface area contributed by atoms with E-state index in [0.717, 1.165) is 23.6 Å². The summed E-state index contributed by atoms with van der Waals surface area (Å²) in [5, 5.41) is 9.39. The van der Waals surface area contributed by atoms with Gasteiger partial charge in [0, 0.05) is 6.20 Å². The summed E-state index contributed by atoms with van der Waals surface area (Å²) in [7, 11) is 0. The molecule has 0 saturated carbocycles. The van der Waals surface area contributed by atoms with E-state index in [0.29, 0.717) is 0 Å². The maximum Gasteiger partial charge on any atom is 0.222 e. The molecule has 6 nitrogen and oxygen atoms in total. The number of nitrogens with two attached hydrogens (primary N) is 1. The predicted molar refractivity (Wildman–Crippen MR) is 69.2 cm³/mol. The third kappa shape index (κ3) is 1.92. The molecule has 1 fully saturated rings. The Bertz CT molecular complexity index is 459. The number of aliphatic hydroxyl groups excluding tert-OH is 1. The van der Waals surface area contributed by atoms with Gasteiger partial charge in [0.25, 0.3) is 0 Å². The van der Waals surface area contributed by atoms with Crippen LogP contribution in [0.25, 0.3) is 0 Å². The number of nitrogen functional groups attached to an aromatic ring is 1. The zero-order valence-corrected chi connectivity index (χ0v) is 10.9. The van der Waals surface area contributed by atoms with Gasteiger partial charge < -0.3 is 20.5 Å². The predicted octanol–water partition coefficient (Wildman–Crippen LogP) is 0.814. The van der Waals surface area contributed by atoms with E-state index < -0.39 is 0 Å². The first-order valence-electron chi connectivity index (χ1n) is 6.03. The average Bonchev–Trinajstić information content (AvgIpc) is 2.92. The fourth-order valence-electron chi connectivity index (χ4n) is 2.45. The quantitative estimate of drug-likeness (QED) is 0.821. The Morgan fingerprint density at radius 3 is 3.17 bits per heavy atom. The Labute approximate surface area is 110 Å². The number of thioether (sulfide) groups is 1. The summed E-state index contributed by atoms with van der Waals surface area (Å²) in [6, 6.07) is 0. The van der Waals surface area contributed by atoms with E-state index in [-0.39, 0.29) is 30.3 Å². The lowest BCUT2D eigenvalue weighted by Gasteiger charge is -2.29. The van der Waals surface area contributed by atoms with E-state index >= 15 is 0 Å². The summed E-state index contributed by atoms with van der Waals surface area (Å²) < 4.78 is 5.82. The zero-order chi connectivity index (χ0) is 12.7. The van der Waals surface area contributed by atoms with Gasteiger partial charge in [-0.15, -0.1) is 0 Å². The van der Waals surface area contributed by atoms with Crippen LogP contribution in [0.15, 0.2) is 11.1 Å². The van der Waals surface area contributed by atoms with E-state index in [1.54, 1.807) is 18.0 Å². The zero-order valence-electron chi connectivity index (χ0n) is 10.1. The van der Waals surface area contributed by atoms with Crippen LogP contribution in [0.4, 0.5) is 11.8 Å². The third-order valence-electron chi connectivity index (χ3n) is 3.29. The van der Waals surface area contributed by atoms with Crippen LogP contribution in [0.3, 0.4) is 0 Å². The second-order valence-electron chi connectivity index (χ2n) is 4.51. The molecule has 0 radical (unpaired) electrons. The van der Waals surface area contributed by atoms with Gasteiger partial charge in [-0.05, 0) is 19.8 Å². The number of hydrogen-bond donors (Lipinski definition) is 2. The molecule has 3 heterocycles. The molecule has 98 valence electrons. The van der Waals surface area contributed by atoms with Crippen molar-refractivity contribution >= 4 is 23.5 Å². The summed E-state index contributed by atoms with van der Waals surface area (Å²) in [5.41, 5.74) is 5.65. The van der Waals surface area contributed by atoms with Crippen molar-refractivity contribution in [3.8, 4) is 0 Å². The lowest BCUT2D eigenvalue weighted by Crippen LogP contribution is -2.39. The molecule has 3 unspecified atom stereocenters. The van der Waals surface area contributed by atoms with E-state index in [1.807, 2.05) is 0 Å². The van der Waals surface area contributed by atoms with Crippen LogP contribution in [0.2, 0.25) is 0 Å². The fourth-order valence-corrected chi connectivity index (χ4v) is 3.54. The molecule has 2 aliphatic rings. The molecule has 0 aliphatic carbocycles. The highest BCUT2D eigenvalue weighted by atomic mass is 32.2. The van der Waals surface area contributed by atoms with Gasteiger partial charge in [-0.2, -0.15) is 4.98 Å². The Kier molecular flexibility index (Phi) is 3.04. The lowest BCUT2D eigenvalue weighted by molar-refractivity contribution is 0.0100. The number of rotatable bonds is 2. The highest BCUT2D eigenvalue weighted by Gasteiger charge is 2.38. The molecule has 3 atom stereocenters. The number of anilines is 2. The van der Waals surface area contributed by atoms with Crippen LogP contribution < -0.4 is 10.6 Å². The van der Waals surface area contributed by atoms with Crippen molar-refractivity contribution in [1.29, 1.82) is 0 Å². The molecule has 3 rings (SSSR count). The van der Waals surface area contributed by atoms with Crippen LogP contribution in [-0.2, 0) is 4.74 Å². The first-order chi connectivity index (χ1) is 8.69. The van der Waals surface area contributed by atoms with Gasteiger partial charge in [-0.1, -0.05) is 11.8 Å². The molecule has 2 aliphatic heterocycles. The van der Waals surface area contributed by atoms with Crippen LogP contribution >= 0.6 is 11.8 Å². The van der Waals surface area contributed by atoms with Crippen LogP contribution in [-0.4, -0.2) is 39.4 Å². The van der Waals surface area contributed by atoms with E-state index in [1.165, 1.54) is 0 Å². The second kappa shape index (κ2) is 4.56. The Morgan fingerprint density at radius 2 is 2.44 bits per heavy atom. The number of nitrogens with zero attached hydrogens (tertiary/aromatic N) is 3. The molecule has 3 N–H and O–H groups in total. The Hall–Kier alpha value is -1.05. The van der Waals surface area contributed by atoms with Crippen molar-refractivity contribution in [1.82, 2.24) is 9.97 Å². The van der Waals surface area contributed by atoms with E-state index in [2.05, 4.69) is 21.8 Å². The second-order valence-corrected chi connectivity index (χ2v) is 5.87. The SMILES string of the molecule is CC1Sc2cnc(N)nc2N1C1CCC(CO)O1. The van der Waals surface area contributed by atoms with E-state index in [4.69, 9.17) is 15.6 Å². The molecule has 0 amide bonds. The standard InChI is InChI=1S/C11H16N4O2S/c1-6-15(9-3-2-7(5-16)17-9)10-8(18-6)4-13-11(12)14-10/h4,6-7,9,16H,2-3,5H2,1H3,(H2,12,13,14). The van der Waals surface area contributed by atoms with Gasteiger partial charge in [-0.25, -0.2) is 4.98 Å². The van der Waals surface area contributed by atoms with Crippen molar-refractivity contribution in [2.24, 2.45) is 0 Å². The van der Waals surface area contributed by atoms with E-state index in [9.17, 15) is 0 Å². The molecule has 1 saturated heterocycles. The Balaban J connectivity index is 1.87. The first-order valence-corrected chi connectivity index (χ1v) is 6.91. The van der Waals surface area contributed by atoms with Crippen molar-refractivity contribution in [3.05, 3.63) is 6.20 Å². The molecule has 7 heteroatoms. The molecule has 0 bridgehead atoms.